The van der Waals surface area contributed by atoms with Gasteiger partial charge in [-0.25, -0.2) is 0 Å². The molecule has 0 radical (unpaired) electrons. The molecule has 1 nitrogen and oxygen atoms in total. The third kappa shape index (κ3) is 4.51. The van der Waals surface area contributed by atoms with E-state index in [0.717, 1.165) is 48.7 Å². The second-order valence-electron chi connectivity index (χ2n) is 10.1. The molecule has 0 aliphatic heterocycles. The summed E-state index contributed by atoms with van der Waals surface area (Å²) in [6.07, 6.45) is 22.1. The van der Waals surface area contributed by atoms with Crippen LogP contribution in [0, 0.1) is 35.0 Å². The van der Waals surface area contributed by atoms with Gasteiger partial charge in [-0.2, -0.15) is 0 Å². The van der Waals surface area contributed by atoms with Crippen LogP contribution in [0.3, 0.4) is 0 Å². The molecule has 0 N–H and O–H groups in total. The van der Waals surface area contributed by atoms with Crippen LogP contribution in [-0.4, -0.2) is 6.29 Å². The highest BCUT2D eigenvalue weighted by Gasteiger charge is 2.52. The molecule has 6 unspecified atom stereocenters. The van der Waals surface area contributed by atoms with Gasteiger partial charge in [0.25, 0.3) is 0 Å². The first-order chi connectivity index (χ1) is 12.1. The van der Waals surface area contributed by atoms with Crippen molar-refractivity contribution in [3.63, 3.8) is 0 Å². The lowest BCUT2D eigenvalue weighted by atomic mass is 9.56. The third-order valence-electron chi connectivity index (χ3n) is 8.66. The van der Waals surface area contributed by atoms with Crippen molar-refractivity contribution in [2.75, 3.05) is 0 Å². The Labute approximate surface area is 156 Å². The van der Waals surface area contributed by atoms with Gasteiger partial charge >= 0.3 is 0 Å². The van der Waals surface area contributed by atoms with Crippen LogP contribution in [0.4, 0.5) is 0 Å². The van der Waals surface area contributed by atoms with E-state index in [2.05, 4.69) is 13.8 Å². The van der Waals surface area contributed by atoms with Gasteiger partial charge in [0.05, 0.1) is 0 Å². The highest BCUT2D eigenvalue weighted by Crippen LogP contribution is 2.61. The predicted molar refractivity (Wildman–Crippen MR) is 107 cm³/mol. The van der Waals surface area contributed by atoms with E-state index in [9.17, 15) is 4.79 Å². The molecular formula is C24H42O. The zero-order chi connectivity index (χ0) is 17.7. The predicted octanol–water partition coefficient (Wildman–Crippen LogP) is 7.18. The molecule has 1 heteroatoms. The molecule has 0 amide bonds. The summed E-state index contributed by atoms with van der Waals surface area (Å²) in [4.78, 5) is 10.6. The van der Waals surface area contributed by atoms with Crippen LogP contribution in [0.15, 0.2) is 0 Å². The first-order valence-electron chi connectivity index (χ1n) is 11.6. The summed E-state index contributed by atoms with van der Waals surface area (Å²) in [6, 6.07) is 0. The third-order valence-corrected chi connectivity index (χ3v) is 8.66. The van der Waals surface area contributed by atoms with Crippen molar-refractivity contribution >= 4 is 6.29 Å². The minimum Gasteiger partial charge on any atom is -0.303 e. The Bertz CT molecular complexity index is 416. The largest absolute Gasteiger partial charge is 0.303 e. The van der Waals surface area contributed by atoms with E-state index >= 15 is 0 Å². The maximum absolute atomic E-state index is 10.6. The number of rotatable bonds is 5. The second-order valence-corrected chi connectivity index (χ2v) is 10.1. The first kappa shape index (κ1) is 19.4. The van der Waals surface area contributed by atoms with E-state index in [0.29, 0.717) is 5.41 Å². The molecule has 0 aromatic heterocycles. The topological polar surface area (TPSA) is 17.1 Å². The fourth-order valence-corrected chi connectivity index (χ4v) is 7.11. The summed E-state index contributed by atoms with van der Waals surface area (Å²) in [5, 5.41) is 0. The Morgan fingerprint density at radius 3 is 2.56 bits per heavy atom. The van der Waals surface area contributed by atoms with Crippen LogP contribution in [-0.2, 0) is 4.79 Å². The van der Waals surface area contributed by atoms with Crippen LogP contribution < -0.4 is 0 Å². The number of aldehydes is 1. The molecule has 0 heterocycles. The number of carbonyl (C=O) groups is 1. The van der Waals surface area contributed by atoms with Gasteiger partial charge < -0.3 is 4.79 Å². The zero-order valence-electron chi connectivity index (χ0n) is 17.0. The summed E-state index contributed by atoms with van der Waals surface area (Å²) in [6.45, 7) is 5.14. The average Bonchev–Trinajstić information content (AvgIpc) is 2.94. The quantitative estimate of drug-likeness (QED) is 0.380. The standard InChI is InChI=1S/C24H42O/c1-19-9-5-6-11-20-16-17-24(2)21(12-4-3-7-18-25)14-15-23(24)22(20)13-8-10-19/h18-23H,3-17H2,1-2H3. The molecular weight excluding hydrogens is 304 g/mol. The molecule has 0 saturated heterocycles. The molecule has 144 valence electrons. The lowest BCUT2D eigenvalue weighted by Gasteiger charge is -2.49. The first-order valence-corrected chi connectivity index (χ1v) is 11.6. The molecule has 3 saturated carbocycles. The van der Waals surface area contributed by atoms with Crippen LogP contribution >= 0.6 is 0 Å². The molecule has 0 spiro atoms. The second kappa shape index (κ2) is 9.05. The van der Waals surface area contributed by atoms with Gasteiger partial charge in [-0.3, -0.25) is 0 Å². The minimum atomic E-state index is 0.623. The number of hydrogen-bond acceptors (Lipinski definition) is 1. The van der Waals surface area contributed by atoms with E-state index in [1.165, 1.54) is 83.5 Å². The van der Waals surface area contributed by atoms with Crippen molar-refractivity contribution in [2.45, 2.75) is 110 Å². The maximum Gasteiger partial charge on any atom is 0.119 e. The summed E-state index contributed by atoms with van der Waals surface area (Å²) in [5.74, 6) is 4.99. The van der Waals surface area contributed by atoms with Gasteiger partial charge in [-0.15, -0.1) is 0 Å². The molecule has 0 bridgehead atoms. The number of unbranched alkanes of at least 4 members (excludes halogenated alkanes) is 2. The van der Waals surface area contributed by atoms with Gasteiger partial charge in [-0.05, 0) is 80.0 Å². The van der Waals surface area contributed by atoms with Gasteiger partial charge in [-0.1, -0.05) is 58.8 Å². The van der Waals surface area contributed by atoms with Crippen molar-refractivity contribution in [3.05, 3.63) is 0 Å². The van der Waals surface area contributed by atoms with E-state index in [-0.39, 0.29) is 0 Å². The SMILES string of the molecule is CC1CCCCC2CCC3(C)C(CCCCC=O)CCC3C2CCC1. The van der Waals surface area contributed by atoms with Gasteiger partial charge in [0.2, 0.25) is 0 Å². The Morgan fingerprint density at radius 2 is 1.72 bits per heavy atom. The zero-order valence-corrected chi connectivity index (χ0v) is 17.0. The van der Waals surface area contributed by atoms with E-state index < -0.39 is 0 Å². The molecule has 3 aliphatic rings. The fourth-order valence-electron chi connectivity index (χ4n) is 7.11. The van der Waals surface area contributed by atoms with Crippen molar-refractivity contribution in [1.82, 2.24) is 0 Å². The molecule has 3 aliphatic carbocycles. The number of carbonyl (C=O) groups excluding carboxylic acids is 1. The van der Waals surface area contributed by atoms with Crippen molar-refractivity contribution in [1.29, 1.82) is 0 Å². The van der Waals surface area contributed by atoms with Crippen LogP contribution in [0.5, 0.6) is 0 Å². The Kier molecular flexibility index (Phi) is 7.03. The van der Waals surface area contributed by atoms with Crippen LogP contribution in [0.2, 0.25) is 0 Å². The molecule has 3 fully saturated rings. The Balaban J connectivity index is 1.63. The highest BCUT2D eigenvalue weighted by molar-refractivity contribution is 5.48. The highest BCUT2D eigenvalue weighted by atomic mass is 16.1. The molecule has 6 atom stereocenters. The van der Waals surface area contributed by atoms with E-state index in [4.69, 9.17) is 0 Å². The Morgan fingerprint density at radius 1 is 0.920 bits per heavy atom. The lowest BCUT2D eigenvalue weighted by molar-refractivity contribution is -0.107. The summed E-state index contributed by atoms with van der Waals surface area (Å²) in [7, 11) is 0. The summed E-state index contributed by atoms with van der Waals surface area (Å²) >= 11 is 0. The van der Waals surface area contributed by atoms with Crippen molar-refractivity contribution < 1.29 is 4.79 Å². The smallest absolute Gasteiger partial charge is 0.119 e. The molecule has 0 aromatic carbocycles. The lowest BCUT2D eigenvalue weighted by Crippen LogP contribution is -2.41. The van der Waals surface area contributed by atoms with Gasteiger partial charge in [0.15, 0.2) is 0 Å². The monoisotopic (exact) mass is 346 g/mol. The van der Waals surface area contributed by atoms with E-state index in [1.807, 2.05) is 0 Å². The van der Waals surface area contributed by atoms with Crippen molar-refractivity contribution in [3.8, 4) is 0 Å². The van der Waals surface area contributed by atoms with Gasteiger partial charge in [0, 0.05) is 6.42 Å². The molecule has 25 heavy (non-hydrogen) atoms. The number of fused-ring (bicyclic) bond motifs is 3. The summed E-state index contributed by atoms with van der Waals surface area (Å²) < 4.78 is 0. The normalized spacial score (nSPS) is 42.4. The fraction of sp³-hybridized carbons (Fsp3) is 0.958. The number of hydrogen-bond donors (Lipinski definition) is 0. The molecule has 3 rings (SSSR count). The van der Waals surface area contributed by atoms with Crippen LogP contribution in [0.25, 0.3) is 0 Å². The minimum absolute atomic E-state index is 0.623. The van der Waals surface area contributed by atoms with Crippen LogP contribution in [0.1, 0.15) is 110 Å². The van der Waals surface area contributed by atoms with Gasteiger partial charge in [0.1, 0.15) is 6.29 Å². The van der Waals surface area contributed by atoms with E-state index in [1.54, 1.807) is 0 Å². The van der Waals surface area contributed by atoms with Crippen molar-refractivity contribution in [2.24, 2.45) is 35.0 Å². The maximum atomic E-state index is 10.6. The summed E-state index contributed by atoms with van der Waals surface area (Å²) in [5.41, 5.74) is 0.623. The Hall–Kier alpha value is -0.330. The molecule has 0 aromatic rings. The average molecular weight is 347 g/mol.